The van der Waals surface area contributed by atoms with Gasteiger partial charge in [0.15, 0.2) is 5.69 Å². The van der Waals surface area contributed by atoms with Crippen LogP contribution in [-0.4, -0.2) is 42.0 Å². The molecule has 2 N–H and O–H groups in total. The molecule has 2 rings (SSSR count). The maximum absolute atomic E-state index is 12.8. The number of nitrogens with zero attached hydrogens (tertiary/aromatic N) is 2. The summed E-state index contributed by atoms with van der Waals surface area (Å²) in [5, 5.41) is 5.66. The van der Waals surface area contributed by atoms with E-state index in [1.807, 2.05) is 39.8 Å². The molecule has 0 saturated carbocycles. The molecule has 0 unspecified atom stereocenters. The standard InChI is InChI=1S/C21H30N4O4/c1-14(2)10-22-20(26)17-13-29-19(23-17)12-25(11-15(3)4)21(27)24-16-8-6-7-9-18(16)28-5/h6-9,13-15H,10-12H2,1-5H3,(H,22,26)(H,24,27). The van der Waals surface area contributed by atoms with E-state index in [0.29, 0.717) is 36.3 Å². The van der Waals surface area contributed by atoms with Gasteiger partial charge in [0.25, 0.3) is 5.91 Å². The van der Waals surface area contributed by atoms with E-state index in [0.717, 1.165) is 0 Å². The minimum atomic E-state index is -0.299. The number of methoxy groups -OCH3 is 1. The van der Waals surface area contributed by atoms with Gasteiger partial charge in [-0.2, -0.15) is 0 Å². The van der Waals surface area contributed by atoms with Gasteiger partial charge >= 0.3 is 6.03 Å². The number of rotatable bonds is 9. The third-order valence-corrected chi connectivity index (χ3v) is 4.00. The Balaban J connectivity index is 2.08. The molecule has 3 amide bonds. The highest BCUT2D eigenvalue weighted by Gasteiger charge is 2.20. The molecular formula is C21H30N4O4. The van der Waals surface area contributed by atoms with E-state index < -0.39 is 0 Å². The Labute approximate surface area is 171 Å². The van der Waals surface area contributed by atoms with E-state index in [9.17, 15) is 9.59 Å². The molecule has 0 saturated heterocycles. The van der Waals surface area contributed by atoms with Gasteiger partial charge in [-0.15, -0.1) is 0 Å². The highest BCUT2D eigenvalue weighted by Crippen LogP contribution is 2.23. The van der Waals surface area contributed by atoms with Crippen molar-refractivity contribution in [3.63, 3.8) is 0 Å². The average Bonchev–Trinajstić information content (AvgIpc) is 3.14. The van der Waals surface area contributed by atoms with Gasteiger partial charge in [0.2, 0.25) is 5.89 Å². The topological polar surface area (TPSA) is 96.7 Å². The number of hydrogen-bond acceptors (Lipinski definition) is 5. The Morgan fingerprint density at radius 3 is 2.55 bits per heavy atom. The van der Waals surface area contributed by atoms with Crippen LogP contribution in [0.25, 0.3) is 0 Å². The summed E-state index contributed by atoms with van der Waals surface area (Å²) in [5.41, 5.74) is 0.783. The first kappa shape index (κ1) is 22.3. The van der Waals surface area contributed by atoms with Crippen molar-refractivity contribution in [3.05, 3.63) is 42.1 Å². The van der Waals surface area contributed by atoms with E-state index in [-0.39, 0.29) is 30.1 Å². The van der Waals surface area contributed by atoms with E-state index >= 15 is 0 Å². The zero-order valence-electron chi connectivity index (χ0n) is 17.7. The summed E-state index contributed by atoms with van der Waals surface area (Å²) >= 11 is 0. The lowest BCUT2D eigenvalue weighted by molar-refractivity contribution is 0.0944. The average molecular weight is 402 g/mol. The van der Waals surface area contributed by atoms with Crippen molar-refractivity contribution in [2.75, 3.05) is 25.5 Å². The van der Waals surface area contributed by atoms with Crippen molar-refractivity contribution in [2.45, 2.75) is 34.2 Å². The molecule has 158 valence electrons. The van der Waals surface area contributed by atoms with Crippen LogP contribution in [-0.2, 0) is 6.54 Å². The van der Waals surface area contributed by atoms with Gasteiger partial charge in [-0.05, 0) is 24.0 Å². The summed E-state index contributed by atoms with van der Waals surface area (Å²) in [7, 11) is 1.55. The molecular weight excluding hydrogens is 372 g/mol. The minimum Gasteiger partial charge on any atom is -0.495 e. The largest absolute Gasteiger partial charge is 0.495 e. The van der Waals surface area contributed by atoms with Crippen LogP contribution in [0.2, 0.25) is 0 Å². The van der Waals surface area contributed by atoms with Gasteiger partial charge < -0.3 is 24.7 Å². The number of anilines is 1. The Morgan fingerprint density at radius 2 is 1.90 bits per heavy atom. The number of amides is 3. The number of aromatic nitrogens is 1. The molecule has 0 aliphatic heterocycles. The molecule has 2 aromatic rings. The highest BCUT2D eigenvalue weighted by atomic mass is 16.5. The van der Waals surface area contributed by atoms with E-state index in [2.05, 4.69) is 15.6 Å². The number of carbonyl (C=O) groups is 2. The molecule has 0 fully saturated rings. The van der Waals surface area contributed by atoms with Crippen LogP contribution in [0.3, 0.4) is 0 Å². The summed E-state index contributed by atoms with van der Waals surface area (Å²) in [4.78, 5) is 30.8. The molecule has 1 aromatic heterocycles. The lowest BCUT2D eigenvalue weighted by Crippen LogP contribution is -2.37. The Kier molecular flexibility index (Phi) is 8.06. The van der Waals surface area contributed by atoms with Crippen molar-refractivity contribution in [2.24, 2.45) is 11.8 Å². The molecule has 29 heavy (non-hydrogen) atoms. The number of nitrogens with one attached hydrogen (secondary N) is 2. The first-order chi connectivity index (χ1) is 13.8. The molecule has 1 aromatic carbocycles. The van der Waals surface area contributed by atoms with Crippen LogP contribution >= 0.6 is 0 Å². The maximum Gasteiger partial charge on any atom is 0.322 e. The fraction of sp³-hybridized carbons (Fsp3) is 0.476. The first-order valence-electron chi connectivity index (χ1n) is 9.71. The highest BCUT2D eigenvalue weighted by molar-refractivity contribution is 5.92. The van der Waals surface area contributed by atoms with Crippen molar-refractivity contribution in [3.8, 4) is 5.75 Å². The van der Waals surface area contributed by atoms with Crippen molar-refractivity contribution in [1.82, 2.24) is 15.2 Å². The molecule has 0 aliphatic carbocycles. The number of oxazole rings is 1. The molecule has 0 bridgehead atoms. The smallest absolute Gasteiger partial charge is 0.322 e. The molecule has 0 aliphatic rings. The van der Waals surface area contributed by atoms with Crippen molar-refractivity contribution < 1.29 is 18.7 Å². The second kappa shape index (κ2) is 10.5. The van der Waals surface area contributed by atoms with Crippen molar-refractivity contribution in [1.29, 1.82) is 0 Å². The number of hydrogen-bond donors (Lipinski definition) is 2. The van der Waals surface area contributed by atoms with Gasteiger partial charge in [-0.1, -0.05) is 39.8 Å². The molecule has 8 heteroatoms. The lowest BCUT2D eigenvalue weighted by atomic mass is 10.2. The van der Waals surface area contributed by atoms with Gasteiger partial charge in [0, 0.05) is 13.1 Å². The van der Waals surface area contributed by atoms with E-state index in [1.165, 1.54) is 6.26 Å². The number of para-hydroxylation sites is 2. The van der Waals surface area contributed by atoms with Gasteiger partial charge in [-0.25, -0.2) is 9.78 Å². The zero-order chi connectivity index (χ0) is 21.4. The van der Waals surface area contributed by atoms with Crippen molar-refractivity contribution >= 4 is 17.6 Å². The number of benzene rings is 1. The fourth-order valence-electron chi connectivity index (χ4n) is 2.64. The van der Waals surface area contributed by atoms with Crippen LogP contribution in [0.4, 0.5) is 10.5 Å². The van der Waals surface area contributed by atoms with Crippen LogP contribution in [0.5, 0.6) is 5.75 Å². The normalized spacial score (nSPS) is 10.9. The summed E-state index contributed by atoms with van der Waals surface area (Å²) < 4.78 is 10.7. The quantitative estimate of drug-likeness (QED) is 0.666. The predicted molar refractivity (Wildman–Crippen MR) is 111 cm³/mol. The second-order valence-electron chi connectivity index (χ2n) is 7.64. The predicted octanol–water partition coefficient (Wildman–Crippen LogP) is 3.76. The Bertz CT molecular complexity index is 817. The number of urea groups is 1. The third-order valence-electron chi connectivity index (χ3n) is 4.00. The molecule has 8 nitrogen and oxygen atoms in total. The van der Waals surface area contributed by atoms with Gasteiger partial charge in [0.1, 0.15) is 12.0 Å². The van der Waals surface area contributed by atoms with Crippen LogP contribution in [0, 0.1) is 11.8 Å². The third kappa shape index (κ3) is 6.81. The molecule has 0 spiro atoms. The number of carbonyl (C=O) groups excluding carboxylic acids is 2. The monoisotopic (exact) mass is 402 g/mol. The summed E-state index contributed by atoms with van der Waals surface area (Å²) in [6, 6.07) is 6.90. The van der Waals surface area contributed by atoms with Crippen LogP contribution in [0.15, 0.2) is 34.9 Å². The Hall–Kier alpha value is -3.03. The van der Waals surface area contributed by atoms with Gasteiger partial charge in [-0.3, -0.25) is 4.79 Å². The molecule has 1 heterocycles. The molecule has 0 atom stereocenters. The lowest BCUT2D eigenvalue weighted by Gasteiger charge is -2.24. The van der Waals surface area contributed by atoms with Gasteiger partial charge in [0.05, 0.1) is 19.3 Å². The first-order valence-corrected chi connectivity index (χ1v) is 9.71. The summed E-state index contributed by atoms with van der Waals surface area (Å²) in [6.07, 6.45) is 1.32. The second-order valence-corrected chi connectivity index (χ2v) is 7.64. The minimum absolute atomic E-state index is 0.149. The number of ether oxygens (including phenoxy) is 1. The SMILES string of the molecule is COc1ccccc1NC(=O)N(Cc1nc(C(=O)NCC(C)C)co1)CC(C)C. The Morgan fingerprint density at radius 1 is 1.17 bits per heavy atom. The summed E-state index contributed by atoms with van der Waals surface area (Å²) in [5.74, 6) is 1.16. The maximum atomic E-state index is 12.8. The fourth-order valence-corrected chi connectivity index (χ4v) is 2.64. The molecule has 0 radical (unpaired) electrons. The van der Waals surface area contributed by atoms with E-state index in [4.69, 9.17) is 9.15 Å². The van der Waals surface area contributed by atoms with Crippen LogP contribution in [0.1, 0.15) is 44.1 Å². The van der Waals surface area contributed by atoms with Crippen LogP contribution < -0.4 is 15.4 Å². The summed E-state index contributed by atoms with van der Waals surface area (Å²) in [6.45, 7) is 9.27. The van der Waals surface area contributed by atoms with E-state index in [1.54, 1.807) is 24.1 Å². The zero-order valence-corrected chi connectivity index (χ0v) is 17.7.